The van der Waals surface area contributed by atoms with Crippen LogP contribution in [0.5, 0.6) is 0 Å². The SMILES string of the molecule is CCc1nnc(NC(=O)c2ccc(NN)cn2)nc1CC. The number of hydrogen-bond donors (Lipinski definition) is 3. The zero-order valence-corrected chi connectivity index (χ0v) is 11.9. The van der Waals surface area contributed by atoms with Crippen LogP contribution in [-0.4, -0.2) is 26.1 Å². The summed E-state index contributed by atoms with van der Waals surface area (Å²) in [7, 11) is 0. The van der Waals surface area contributed by atoms with Crippen LogP contribution in [0.3, 0.4) is 0 Å². The lowest BCUT2D eigenvalue weighted by Gasteiger charge is -2.07. The molecule has 8 nitrogen and oxygen atoms in total. The number of anilines is 2. The lowest BCUT2D eigenvalue weighted by atomic mass is 10.2. The molecular weight excluding hydrogens is 270 g/mol. The van der Waals surface area contributed by atoms with Gasteiger partial charge in [0.15, 0.2) is 0 Å². The van der Waals surface area contributed by atoms with Gasteiger partial charge in [-0.15, -0.1) is 10.2 Å². The number of nitrogens with one attached hydrogen (secondary N) is 2. The monoisotopic (exact) mass is 287 g/mol. The van der Waals surface area contributed by atoms with Gasteiger partial charge in [0.1, 0.15) is 5.69 Å². The summed E-state index contributed by atoms with van der Waals surface area (Å²) in [5, 5.41) is 10.6. The molecule has 0 unspecified atom stereocenters. The minimum absolute atomic E-state index is 0.178. The van der Waals surface area contributed by atoms with Crippen molar-refractivity contribution in [3.8, 4) is 0 Å². The van der Waals surface area contributed by atoms with Crippen molar-refractivity contribution in [1.29, 1.82) is 0 Å². The minimum atomic E-state index is -0.397. The van der Waals surface area contributed by atoms with Crippen LogP contribution in [0, 0.1) is 0 Å². The van der Waals surface area contributed by atoms with E-state index in [1.807, 2.05) is 13.8 Å². The van der Waals surface area contributed by atoms with Crippen LogP contribution in [0.1, 0.15) is 35.7 Å². The average Bonchev–Trinajstić information content (AvgIpc) is 2.54. The number of hydrazine groups is 1. The number of pyridine rings is 1. The van der Waals surface area contributed by atoms with Crippen LogP contribution < -0.4 is 16.6 Å². The quantitative estimate of drug-likeness (QED) is 0.552. The fourth-order valence-corrected chi connectivity index (χ4v) is 1.77. The van der Waals surface area contributed by atoms with E-state index in [4.69, 9.17) is 5.84 Å². The van der Waals surface area contributed by atoms with E-state index >= 15 is 0 Å². The van der Waals surface area contributed by atoms with Crippen LogP contribution >= 0.6 is 0 Å². The number of rotatable bonds is 5. The van der Waals surface area contributed by atoms with E-state index in [0.717, 1.165) is 24.2 Å². The van der Waals surface area contributed by atoms with Gasteiger partial charge in [-0.3, -0.25) is 16.0 Å². The molecule has 21 heavy (non-hydrogen) atoms. The Morgan fingerprint density at radius 2 is 1.95 bits per heavy atom. The van der Waals surface area contributed by atoms with E-state index < -0.39 is 5.91 Å². The Morgan fingerprint density at radius 3 is 2.52 bits per heavy atom. The predicted molar refractivity (Wildman–Crippen MR) is 78.6 cm³/mol. The molecule has 2 heterocycles. The number of carbonyl (C=O) groups is 1. The van der Waals surface area contributed by atoms with Gasteiger partial charge >= 0.3 is 0 Å². The second kappa shape index (κ2) is 6.71. The highest BCUT2D eigenvalue weighted by molar-refractivity contribution is 6.01. The predicted octanol–water partition coefficient (Wildman–Crippen LogP) is 0.929. The van der Waals surface area contributed by atoms with E-state index in [0.29, 0.717) is 5.69 Å². The van der Waals surface area contributed by atoms with Crippen molar-refractivity contribution in [3.05, 3.63) is 35.4 Å². The van der Waals surface area contributed by atoms with Gasteiger partial charge in [-0.1, -0.05) is 13.8 Å². The third-order valence-corrected chi connectivity index (χ3v) is 2.90. The minimum Gasteiger partial charge on any atom is -0.323 e. The van der Waals surface area contributed by atoms with Crippen molar-refractivity contribution in [2.45, 2.75) is 26.7 Å². The van der Waals surface area contributed by atoms with Gasteiger partial charge in [0.2, 0.25) is 5.95 Å². The van der Waals surface area contributed by atoms with Crippen LogP contribution in [0.25, 0.3) is 0 Å². The van der Waals surface area contributed by atoms with Crippen LogP contribution in [-0.2, 0) is 12.8 Å². The van der Waals surface area contributed by atoms with E-state index in [1.165, 1.54) is 6.20 Å². The van der Waals surface area contributed by atoms with E-state index in [1.54, 1.807) is 12.1 Å². The maximum atomic E-state index is 12.0. The number of nitrogens with zero attached hydrogens (tertiary/aromatic N) is 4. The molecule has 0 saturated carbocycles. The third kappa shape index (κ3) is 3.48. The molecular formula is C13H17N7O. The summed E-state index contributed by atoms with van der Waals surface area (Å²) in [5.41, 5.74) is 4.97. The van der Waals surface area contributed by atoms with E-state index in [9.17, 15) is 4.79 Å². The van der Waals surface area contributed by atoms with Gasteiger partial charge in [0.05, 0.1) is 23.3 Å². The largest absolute Gasteiger partial charge is 0.323 e. The van der Waals surface area contributed by atoms with Crippen molar-refractivity contribution < 1.29 is 4.79 Å². The highest BCUT2D eigenvalue weighted by atomic mass is 16.2. The molecule has 110 valence electrons. The molecule has 0 fully saturated rings. The van der Waals surface area contributed by atoms with E-state index in [2.05, 4.69) is 30.9 Å². The normalized spacial score (nSPS) is 10.2. The summed E-state index contributed by atoms with van der Waals surface area (Å²) in [5.74, 6) is 5.02. The zero-order chi connectivity index (χ0) is 15.2. The molecule has 2 aromatic rings. The zero-order valence-electron chi connectivity index (χ0n) is 11.9. The Balaban J connectivity index is 2.14. The van der Waals surface area contributed by atoms with Gasteiger partial charge in [0, 0.05) is 0 Å². The summed E-state index contributed by atoms with van der Waals surface area (Å²) in [4.78, 5) is 20.3. The molecule has 0 aliphatic carbocycles. The smallest absolute Gasteiger partial charge is 0.276 e. The standard InChI is InChI=1S/C13H17N7O/c1-3-9-10(4-2)19-20-13(16-9)17-12(21)11-6-5-8(18-14)7-15-11/h5-7,18H,3-4,14H2,1-2H3,(H,16,17,20,21). The van der Waals surface area contributed by atoms with Crippen molar-refractivity contribution in [3.63, 3.8) is 0 Å². The fraction of sp³-hybridized carbons (Fsp3) is 0.308. The first-order valence-electron chi connectivity index (χ1n) is 6.64. The first-order chi connectivity index (χ1) is 10.2. The van der Waals surface area contributed by atoms with Crippen LogP contribution in [0.2, 0.25) is 0 Å². The van der Waals surface area contributed by atoms with Gasteiger partial charge < -0.3 is 5.43 Å². The Morgan fingerprint density at radius 1 is 1.19 bits per heavy atom. The van der Waals surface area contributed by atoms with Crippen LogP contribution in [0.15, 0.2) is 18.3 Å². The number of nitrogen functional groups attached to an aromatic ring is 1. The molecule has 0 radical (unpaired) electrons. The second-order valence-corrected chi connectivity index (χ2v) is 4.27. The molecule has 8 heteroatoms. The molecule has 2 aromatic heterocycles. The summed E-state index contributed by atoms with van der Waals surface area (Å²) in [6.45, 7) is 3.97. The summed E-state index contributed by atoms with van der Waals surface area (Å²) < 4.78 is 0. The highest BCUT2D eigenvalue weighted by Crippen LogP contribution is 2.09. The van der Waals surface area contributed by atoms with Crippen molar-refractivity contribution in [1.82, 2.24) is 20.2 Å². The van der Waals surface area contributed by atoms with Crippen molar-refractivity contribution >= 4 is 17.5 Å². The number of aryl methyl sites for hydroxylation is 2. The lowest BCUT2D eigenvalue weighted by molar-refractivity contribution is 0.102. The summed E-state index contributed by atoms with van der Waals surface area (Å²) in [6.07, 6.45) is 2.95. The second-order valence-electron chi connectivity index (χ2n) is 4.27. The highest BCUT2D eigenvalue weighted by Gasteiger charge is 2.11. The molecule has 0 spiro atoms. The molecule has 0 aliphatic heterocycles. The Hall–Kier alpha value is -2.61. The van der Waals surface area contributed by atoms with Gasteiger partial charge in [0.25, 0.3) is 5.91 Å². The number of aromatic nitrogens is 4. The summed E-state index contributed by atoms with van der Waals surface area (Å²) >= 11 is 0. The molecule has 0 bridgehead atoms. The number of hydrogen-bond acceptors (Lipinski definition) is 7. The molecule has 0 saturated heterocycles. The van der Waals surface area contributed by atoms with Crippen LogP contribution in [0.4, 0.5) is 11.6 Å². The van der Waals surface area contributed by atoms with Gasteiger partial charge in [-0.05, 0) is 25.0 Å². The van der Waals surface area contributed by atoms with Crippen molar-refractivity contribution in [2.75, 3.05) is 10.7 Å². The molecule has 1 amide bonds. The molecule has 0 aliphatic rings. The number of carbonyl (C=O) groups excluding carboxylic acids is 1. The lowest BCUT2D eigenvalue weighted by Crippen LogP contribution is -2.18. The Bertz CT molecular complexity index is 627. The number of amides is 1. The molecule has 4 N–H and O–H groups in total. The average molecular weight is 287 g/mol. The maximum Gasteiger partial charge on any atom is 0.276 e. The fourth-order valence-electron chi connectivity index (χ4n) is 1.77. The molecule has 0 aromatic carbocycles. The van der Waals surface area contributed by atoms with Gasteiger partial charge in [-0.25, -0.2) is 9.97 Å². The summed E-state index contributed by atoms with van der Waals surface area (Å²) in [6, 6.07) is 3.21. The van der Waals surface area contributed by atoms with Gasteiger partial charge in [-0.2, -0.15) is 0 Å². The Kier molecular flexibility index (Phi) is 4.72. The maximum absolute atomic E-state index is 12.0. The third-order valence-electron chi connectivity index (χ3n) is 2.90. The first kappa shape index (κ1) is 14.8. The molecule has 2 rings (SSSR count). The van der Waals surface area contributed by atoms with Crippen molar-refractivity contribution in [2.24, 2.45) is 5.84 Å². The Labute approximate surface area is 122 Å². The topological polar surface area (TPSA) is 119 Å². The van der Waals surface area contributed by atoms with E-state index in [-0.39, 0.29) is 11.6 Å². The molecule has 0 atom stereocenters. The first-order valence-corrected chi connectivity index (χ1v) is 6.64. The number of nitrogens with two attached hydrogens (primary N) is 1.